The Labute approximate surface area is 200 Å². The minimum atomic E-state index is -0.982. The van der Waals surface area contributed by atoms with Crippen LogP contribution in [-0.2, 0) is 4.79 Å². The van der Waals surface area contributed by atoms with Crippen LogP contribution in [0.15, 0.2) is 107 Å². The molecule has 0 saturated carbocycles. The van der Waals surface area contributed by atoms with Crippen LogP contribution < -0.4 is 10.6 Å². The van der Waals surface area contributed by atoms with Crippen molar-refractivity contribution in [3.63, 3.8) is 0 Å². The van der Waals surface area contributed by atoms with Crippen LogP contribution in [0.1, 0.15) is 11.1 Å². The van der Waals surface area contributed by atoms with Crippen molar-refractivity contribution in [1.29, 1.82) is 0 Å². The highest BCUT2D eigenvalue weighted by molar-refractivity contribution is 6.19. The topological polar surface area (TPSA) is 110 Å². The Morgan fingerprint density at radius 2 is 1.60 bits per heavy atom. The van der Waals surface area contributed by atoms with Crippen molar-refractivity contribution in [2.24, 2.45) is 4.99 Å². The quantitative estimate of drug-likeness (QED) is 0.407. The van der Waals surface area contributed by atoms with Gasteiger partial charge < -0.3 is 15.1 Å². The van der Waals surface area contributed by atoms with Crippen LogP contribution in [0.4, 0.5) is 11.7 Å². The minimum absolute atomic E-state index is 0.0723. The average Bonchev–Trinajstić information content (AvgIpc) is 3.55. The standard InChI is InChI=1S/C26H19N7O2/c34-24-23(29-22(17-9-3-1-4-10-17)19-13-7-8-14-20(19)28-24)30-26-32-31-25(35-26)21-15-16-27-33(21)18-11-5-2-6-12-18/h1-16,23H,(H,28,34)(H,30,32)/t23-/m1/s1. The summed E-state index contributed by atoms with van der Waals surface area (Å²) in [5.74, 6) is -0.0732. The lowest BCUT2D eigenvalue weighted by Crippen LogP contribution is -2.32. The number of hydrogen-bond donors (Lipinski definition) is 2. The molecule has 0 radical (unpaired) electrons. The molecule has 0 bridgehead atoms. The van der Waals surface area contributed by atoms with E-state index in [0.717, 1.165) is 16.8 Å². The van der Waals surface area contributed by atoms with E-state index in [0.29, 0.717) is 17.1 Å². The van der Waals surface area contributed by atoms with Gasteiger partial charge in [0.05, 0.1) is 23.3 Å². The van der Waals surface area contributed by atoms with Gasteiger partial charge in [-0.3, -0.25) is 4.79 Å². The zero-order chi connectivity index (χ0) is 23.6. The van der Waals surface area contributed by atoms with Gasteiger partial charge in [-0.05, 0) is 24.3 Å². The zero-order valence-corrected chi connectivity index (χ0v) is 18.4. The molecule has 170 valence electrons. The Balaban J connectivity index is 1.33. The monoisotopic (exact) mass is 461 g/mol. The molecule has 3 heterocycles. The molecule has 2 N–H and O–H groups in total. The smallest absolute Gasteiger partial charge is 0.317 e. The number of carbonyl (C=O) groups excluding carboxylic acids is 1. The number of amides is 1. The van der Waals surface area contributed by atoms with E-state index in [-0.39, 0.29) is 17.8 Å². The maximum absolute atomic E-state index is 13.0. The summed E-state index contributed by atoms with van der Waals surface area (Å²) in [4.78, 5) is 17.8. The van der Waals surface area contributed by atoms with E-state index < -0.39 is 6.17 Å². The Morgan fingerprint density at radius 3 is 2.43 bits per heavy atom. The molecule has 9 heteroatoms. The average molecular weight is 461 g/mol. The second-order valence-electron chi connectivity index (χ2n) is 7.80. The third-order valence-electron chi connectivity index (χ3n) is 5.54. The molecule has 0 fully saturated rings. The number of benzene rings is 3. The summed E-state index contributed by atoms with van der Waals surface area (Å²) in [5, 5.41) is 18.5. The van der Waals surface area contributed by atoms with Gasteiger partial charge in [-0.1, -0.05) is 71.8 Å². The minimum Gasteiger partial charge on any atom is -0.402 e. The third-order valence-corrected chi connectivity index (χ3v) is 5.54. The molecule has 0 aliphatic carbocycles. The molecule has 1 amide bonds. The lowest BCUT2D eigenvalue weighted by atomic mass is 10.0. The molecule has 0 unspecified atom stereocenters. The molecule has 35 heavy (non-hydrogen) atoms. The number of carbonyl (C=O) groups is 1. The van der Waals surface area contributed by atoms with Gasteiger partial charge in [0.15, 0.2) is 0 Å². The molecule has 6 rings (SSSR count). The van der Waals surface area contributed by atoms with Crippen molar-refractivity contribution in [1.82, 2.24) is 20.0 Å². The number of hydrogen-bond acceptors (Lipinski definition) is 7. The van der Waals surface area contributed by atoms with Gasteiger partial charge in [-0.15, -0.1) is 5.10 Å². The molecular formula is C26H19N7O2. The van der Waals surface area contributed by atoms with Crippen molar-refractivity contribution < 1.29 is 9.21 Å². The summed E-state index contributed by atoms with van der Waals surface area (Å²) >= 11 is 0. The van der Waals surface area contributed by atoms with Gasteiger partial charge in [0.1, 0.15) is 5.69 Å². The maximum atomic E-state index is 13.0. The van der Waals surface area contributed by atoms with Crippen molar-refractivity contribution in [3.05, 3.63) is 108 Å². The summed E-state index contributed by atoms with van der Waals surface area (Å²) in [7, 11) is 0. The van der Waals surface area contributed by atoms with Gasteiger partial charge in [0.25, 0.3) is 11.8 Å². The van der Waals surface area contributed by atoms with Gasteiger partial charge in [0, 0.05) is 11.1 Å². The van der Waals surface area contributed by atoms with Crippen molar-refractivity contribution >= 4 is 23.3 Å². The number of para-hydroxylation sites is 2. The van der Waals surface area contributed by atoms with Gasteiger partial charge in [-0.25, -0.2) is 9.67 Å². The number of aliphatic imine (C=N–C) groups is 1. The molecule has 5 aromatic rings. The second-order valence-corrected chi connectivity index (χ2v) is 7.80. The molecule has 9 nitrogen and oxygen atoms in total. The van der Waals surface area contributed by atoms with Crippen LogP contribution >= 0.6 is 0 Å². The maximum Gasteiger partial charge on any atom is 0.317 e. The van der Waals surface area contributed by atoms with Crippen LogP contribution in [0.3, 0.4) is 0 Å². The normalized spacial score (nSPS) is 15.0. The molecule has 0 saturated heterocycles. The largest absolute Gasteiger partial charge is 0.402 e. The van der Waals surface area contributed by atoms with Crippen LogP contribution in [0.2, 0.25) is 0 Å². The number of anilines is 2. The molecule has 0 spiro atoms. The molecule has 2 aromatic heterocycles. The second kappa shape index (κ2) is 8.71. The van der Waals surface area contributed by atoms with Crippen LogP contribution in [0.25, 0.3) is 17.3 Å². The van der Waals surface area contributed by atoms with E-state index in [2.05, 4.69) is 25.9 Å². The Bertz CT molecular complexity index is 1520. The van der Waals surface area contributed by atoms with Crippen LogP contribution in [0, 0.1) is 0 Å². The van der Waals surface area contributed by atoms with Crippen molar-refractivity contribution in [3.8, 4) is 17.3 Å². The lowest BCUT2D eigenvalue weighted by molar-refractivity contribution is -0.116. The van der Waals surface area contributed by atoms with Crippen LogP contribution in [0.5, 0.6) is 0 Å². The molecular weight excluding hydrogens is 442 g/mol. The predicted octanol–water partition coefficient (Wildman–Crippen LogP) is 4.15. The van der Waals surface area contributed by atoms with E-state index in [1.807, 2.05) is 84.9 Å². The first-order chi connectivity index (χ1) is 17.3. The van der Waals surface area contributed by atoms with Crippen molar-refractivity contribution in [2.75, 3.05) is 10.6 Å². The fourth-order valence-electron chi connectivity index (χ4n) is 3.92. The molecule has 1 atom stereocenters. The summed E-state index contributed by atoms with van der Waals surface area (Å²) in [5.41, 5.74) is 4.57. The summed E-state index contributed by atoms with van der Waals surface area (Å²) in [6.07, 6.45) is 0.677. The van der Waals surface area contributed by atoms with E-state index in [1.54, 1.807) is 16.9 Å². The van der Waals surface area contributed by atoms with E-state index in [4.69, 9.17) is 9.41 Å². The Morgan fingerprint density at radius 1 is 0.857 bits per heavy atom. The molecule has 1 aliphatic rings. The van der Waals surface area contributed by atoms with Crippen molar-refractivity contribution in [2.45, 2.75) is 6.17 Å². The van der Waals surface area contributed by atoms with E-state index in [9.17, 15) is 4.79 Å². The summed E-state index contributed by atoms with van der Waals surface area (Å²) < 4.78 is 7.56. The number of benzodiazepines with no additional fused rings is 1. The first kappa shape index (κ1) is 20.5. The van der Waals surface area contributed by atoms with Gasteiger partial charge >= 0.3 is 6.01 Å². The zero-order valence-electron chi connectivity index (χ0n) is 18.4. The number of rotatable bonds is 5. The van der Waals surface area contributed by atoms with Gasteiger partial charge in [-0.2, -0.15) is 5.10 Å². The lowest BCUT2D eigenvalue weighted by Gasteiger charge is -2.11. The summed E-state index contributed by atoms with van der Waals surface area (Å²) in [6, 6.07) is 28.8. The predicted molar refractivity (Wildman–Crippen MR) is 131 cm³/mol. The van der Waals surface area contributed by atoms with Gasteiger partial charge in [0.2, 0.25) is 6.17 Å². The Hall–Kier alpha value is -5.05. The third kappa shape index (κ3) is 3.95. The highest BCUT2D eigenvalue weighted by atomic mass is 16.4. The number of fused-ring (bicyclic) bond motifs is 1. The highest BCUT2D eigenvalue weighted by Crippen LogP contribution is 2.26. The SMILES string of the molecule is O=C1Nc2ccccc2C(c2ccccc2)=N[C@@H]1Nc1nnc(-c2ccnn2-c2ccccc2)o1. The number of nitrogens with zero attached hydrogens (tertiary/aromatic N) is 5. The highest BCUT2D eigenvalue weighted by Gasteiger charge is 2.27. The molecule has 1 aliphatic heterocycles. The van der Waals surface area contributed by atoms with Crippen LogP contribution in [-0.4, -0.2) is 37.8 Å². The van der Waals surface area contributed by atoms with E-state index in [1.165, 1.54) is 0 Å². The molecule has 3 aromatic carbocycles. The number of aromatic nitrogens is 4. The number of nitrogens with one attached hydrogen (secondary N) is 2. The fraction of sp³-hybridized carbons (Fsp3) is 0.0385. The Kier molecular flexibility index (Phi) is 5.12. The summed E-state index contributed by atoms with van der Waals surface area (Å²) in [6.45, 7) is 0. The first-order valence-electron chi connectivity index (χ1n) is 11.0. The van der Waals surface area contributed by atoms with E-state index >= 15 is 0 Å². The first-order valence-corrected chi connectivity index (χ1v) is 11.0. The fourth-order valence-corrected chi connectivity index (χ4v) is 3.92.